The molecule has 26 heavy (non-hydrogen) atoms. The van der Waals surface area contributed by atoms with Crippen LogP contribution in [0.2, 0.25) is 0 Å². The van der Waals surface area contributed by atoms with Crippen molar-refractivity contribution in [2.45, 2.75) is 19.6 Å². The maximum absolute atomic E-state index is 12.8. The van der Waals surface area contributed by atoms with E-state index >= 15 is 0 Å². The van der Waals surface area contributed by atoms with Crippen LogP contribution in [0.3, 0.4) is 0 Å². The van der Waals surface area contributed by atoms with Gasteiger partial charge in [0.1, 0.15) is 0 Å². The molecule has 0 N–H and O–H groups in total. The Morgan fingerprint density at radius 1 is 1.15 bits per heavy atom. The molecule has 1 aromatic carbocycles. The first-order valence-corrected chi connectivity index (χ1v) is 8.42. The third-order valence-electron chi connectivity index (χ3n) is 4.65. The van der Waals surface area contributed by atoms with E-state index in [9.17, 15) is 18.0 Å². The molecule has 0 saturated carbocycles. The highest BCUT2D eigenvalue weighted by Crippen LogP contribution is 2.29. The van der Waals surface area contributed by atoms with E-state index in [1.165, 1.54) is 12.1 Å². The molecule has 0 radical (unpaired) electrons. The minimum absolute atomic E-state index is 0.104. The van der Waals surface area contributed by atoms with Crippen molar-refractivity contribution >= 4 is 5.91 Å². The first kappa shape index (κ1) is 18.4. The van der Waals surface area contributed by atoms with Crippen LogP contribution in [0.15, 0.2) is 30.3 Å². The number of aromatic nitrogens is 2. The highest BCUT2D eigenvalue weighted by molar-refractivity contribution is 5.92. The average Bonchev–Trinajstić information content (AvgIpc) is 2.93. The van der Waals surface area contributed by atoms with Crippen LogP contribution in [0.5, 0.6) is 0 Å². The van der Waals surface area contributed by atoms with E-state index in [-0.39, 0.29) is 5.91 Å². The van der Waals surface area contributed by atoms with Crippen molar-refractivity contribution in [2.75, 3.05) is 26.2 Å². The van der Waals surface area contributed by atoms with Crippen LogP contribution in [0.1, 0.15) is 27.3 Å². The number of carbonyl (C=O) groups is 1. The van der Waals surface area contributed by atoms with Crippen LogP contribution in [-0.2, 0) is 19.8 Å². The lowest BCUT2D eigenvalue weighted by atomic mass is 10.1. The van der Waals surface area contributed by atoms with Gasteiger partial charge in [-0.1, -0.05) is 18.2 Å². The lowest BCUT2D eigenvalue weighted by molar-refractivity contribution is -0.137. The summed E-state index contributed by atoms with van der Waals surface area (Å²) in [5, 5.41) is 4.21. The zero-order chi connectivity index (χ0) is 18.9. The average molecular weight is 366 g/mol. The molecule has 1 saturated heterocycles. The molecule has 0 bridgehead atoms. The number of hydrogen-bond donors (Lipinski definition) is 0. The van der Waals surface area contributed by atoms with Gasteiger partial charge in [-0.15, -0.1) is 0 Å². The van der Waals surface area contributed by atoms with Gasteiger partial charge in [0, 0.05) is 45.5 Å². The molecule has 8 heteroatoms. The van der Waals surface area contributed by atoms with Crippen molar-refractivity contribution in [3.63, 3.8) is 0 Å². The lowest BCUT2D eigenvalue weighted by Gasteiger charge is -2.34. The van der Waals surface area contributed by atoms with Crippen LogP contribution >= 0.6 is 0 Å². The van der Waals surface area contributed by atoms with Crippen LogP contribution in [0.4, 0.5) is 13.2 Å². The predicted octanol–water partition coefficient (Wildman–Crippen LogP) is 2.71. The van der Waals surface area contributed by atoms with E-state index in [0.717, 1.165) is 11.8 Å². The second-order valence-electron chi connectivity index (χ2n) is 6.56. The Labute approximate surface area is 150 Å². The van der Waals surface area contributed by atoms with E-state index in [4.69, 9.17) is 0 Å². The molecule has 1 aromatic heterocycles. The number of hydrogen-bond acceptors (Lipinski definition) is 3. The fraction of sp³-hybridized carbons (Fsp3) is 0.444. The summed E-state index contributed by atoms with van der Waals surface area (Å²) in [7, 11) is 1.79. The Bertz CT molecular complexity index is 772. The molecular formula is C18H21F3N4O. The number of carbonyl (C=O) groups excluding carboxylic acids is 1. The normalized spacial score (nSPS) is 16.1. The summed E-state index contributed by atoms with van der Waals surface area (Å²) >= 11 is 0. The molecule has 1 aliphatic rings. The number of halogens is 3. The highest BCUT2D eigenvalue weighted by Gasteiger charge is 2.30. The number of piperazine rings is 1. The Balaban J connectivity index is 1.58. The van der Waals surface area contributed by atoms with Crippen molar-refractivity contribution in [1.29, 1.82) is 0 Å². The minimum atomic E-state index is -4.33. The molecule has 1 amide bonds. The molecule has 2 heterocycles. The minimum Gasteiger partial charge on any atom is -0.335 e. The van der Waals surface area contributed by atoms with Gasteiger partial charge in [-0.2, -0.15) is 18.3 Å². The molecular weight excluding hydrogens is 345 g/mol. The molecule has 0 atom stereocenters. The van der Waals surface area contributed by atoms with Gasteiger partial charge < -0.3 is 4.90 Å². The number of aryl methyl sites for hydroxylation is 2. The van der Waals surface area contributed by atoms with Gasteiger partial charge in [-0.05, 0) is 24.6 Å². The van der Waals surface area contributed by atoms with E-state index in [1.807, 2.05) is 6.92 Å². The number of benzene rings is 1. The standard InChI is InChI=1S/C18H21F3N4O/c1-13-10-16(22-23(13)2)17(26)25-8-6-24(7-9-25)12-14-4-3-5-15(11-14)18(19,20)21/h3-5,10-11H,6-9,12H2,1-2H3. The van der Waals surface area contributed by atoms with Crippen molar-refractivity contribution in [1.82, 2.24) is 19.6 Å². The summed E-state index contributed by atoms with van der Waals surface area (Å²) in [5.74, 6) is -0.104. The first-order valence-electron chi connectivity index (χ1n) is 8.42. The SMILES string of the molecule is Cc1cc(C(=O)N2CCN(Cc3cccc(C(F)(F)F)c3)CC2)nn1C. The Kier molecular flexibility index (Phi) is 5.04. The Hall–Kier alpha value is -2.35. The monoisotopic (exact) mass is 366 g/mol. The van der Waals surface area contributed by atoms with Crippen LogP contribution < -0.4 is 0 Å². The second-order valence-corrected chi connectivity index (χ2v) is 6.56. The third kappa shape index (κ3) is 4.07. The van der Waals surface area contributed by atoms with Crippen molar-refractivity contribution in [3.8, 4) is 0 Å². The molecule has 0 spiro atoms. The Morgan fingerprint density at radius 2 is 1.85 bits per heavy atom. The van der Waals surface area contributed by atoms with Crippen molar-refractivity contribution in [2.24, 2.45) is 7.05 Å². The van der Waals surface area contributed by atoms with Gasteiger partial charge in [0.2, 0.25) is 0 Å². The summed E-state index contributed by atoms with van der Waals surface area (Å²) in [4.78, 5) is 16.3. The van der Waals surface area contributed by atoms with Gasteiger partial charge in [-0.3, -0.25) is 14.4 Å². The van der Waals surface area contributed by atoms with Gasteiger partial charge in [0.05, 0.1) is 5.56 Å². The maximum Gasteiger partial charge on any atom is 0.416 e. The summed E-state index contributed by atoms with van der Waals surface area (Å²) in [5.41, 5.74) is 1.34. The summed E-state index contributed by atoms with van der Waals surface area (Å²) in [6.07, 6.45) is -4.33. The predicted molar refractivity (Wildman–Crippen MR) is 90.6 cm³/mol. The highest BCUT2D eigenvalue weighted by atomic mass is 19.4. The topological polar surface area (TPSA) is 41.4 Å². The molecule has 0 aliphatic carbocycles. The molecule has 0 unspecified atom stereocenters. The number of alkyl halides is 3. The zero-order valence-electron chi connectivity index (χ0n) is 14.8. The zero-order valence-corrected chi connectivity index (χ0v) is 14.8. The molecule has 1 fully saturated rings. The fourth-order valence-corrected chi connectivity index (χ4v) is 3.04. The quantitative estimate of drug-likeness (QED) is 0.839. The largest absolute Gasteiger partial charge is 0.416 e. The number of rotatable bonds is 3. The Morgan fingerprint density at radius 3 is 2.42 bits per heavy atom. The van der Waals surface area contributed by atoms with Gasteiger partial charge >= 0.3 is 6.18 Å². The molecule has 2 aromatic rings. The number of nitrogens with zero attached hydrogens (tertiary/aromatic N) is 4. The van der Waals surface area contributed by atoms with Gasteiger partial charge in [0.25, 0.3) is 5.91 Å². The maximum atomic E-state index is 12.8. The van der Waals surface area contributed by atoms with Crippen molar-refractivity contribution in [3.05, 3.63) is 52.8 Å². The number of amides is 1. The third-order valence-corrected chi connectivity index (χ3v) is 4.65. The van der Waals surface area contributed by atoms with E-state index in [0.29, 0.717) is 44.0 Å². The van der Waals surface area contributed by atoms with E-state index < -0.39 is 11.7 Å². The lowest BCUT2D eigenvalue weighted by Crippen LogP contribution is -2.48. The van der Waals surface area contributed by atoms with E-state index in [2.05, 4.69) is 10.00 Å². The van der Waals surface area contributed by atoms with Crippen LogP contribution in [0.25, 0.3) is 0 Å². The smallest absolute Gasteiger partial charge is 0.335 e. The summed E-state index contributed by atoms with van der Waals surface area (Å²) in [6.45, 7) is 4.63. The molecule has 5 nitrogen and oxygen atoms in total. The second kappa shape index (κ2) is 7.11. The summed E-state index contributed by atoms with van der Waals surface area (Å²) < 4.78 is 40.1. The molecule has 140 valence electrons. The van der Waals surface area contributed by atoms with Crippen molar-refractivity contribution < 1.29 is 18.0 Å². The molecule has 1 aliphatic heterocycles. The van der Waals surface area contributed by atoms with Gasteiger partial charge in [0.15, 0.2) is 5.69 Å². The first-order chi connectivity index (χ1) is 12.2. The van der Waals surface area contributed by atoms with Gasteiger partial charge in [-0.25, -0.2) is 0 Å². The van der Waals surface area contributed by atoms with E-state index in [1.54, 1.807) is 28.8 Å². The summed E-state index contributed by atoms with van der Waals surface area (Å²) in [6, 6.07) is 7.16. The fourth-order valence-electron chi connectivity index (χ4n) is 3.04. The van der Waals surface area contributed by atoms with Crippen LogP contribution in [-0.4, -0.2) is 51.7 Å². The molecule has 3 rings (SSSR count). The van der Waals surface area contributed by atoms with Crippen LogP contribution in [0, 0.1) is 6.92 Å².